The van der Waals surface area contributed by atoms with E-state index >= 15 is 0 Å². The maximum atomic E-state index is 12.0. The molecule has 0 aliphatic carbocycles. The molecular formula is C15H19NO4. The third-order valence-electron chi connectivity index (χ3n) is 2.70. The molecule has 5 heteroatoms. The second-order valence-electron chi connectivity index (χ2n) is 4.64. The highest BCUT2D eigenvalue weighted by Crippen LogP contribution is 2.09. The van der Waals surface area contributed by atoms with Crippen LogP contribution in [0.1, 0.15) is 19.4 Å². The second-order valence-corrected chi connectivity index (χ2v) is 4.64. The number of hydrogen-bond donors (Lipinski definition) is 1. The van der Waals surface area contributed by atoms with Gasteiger partial charge in [-0.3, -0.25) is 4.90 Å². The topological polar surface area (TPSA) is 66.8 Å². The Morgan fingerprint density at radius 1 is 1.35 bits per heavy atom. The number of ether oxygens (including phenoxy) is 1. The van der Waals surface area contributed by atoms with E-state index in [2.05, 4.69) is 6.58 Å². The van der Waals surface area contributed by atoms with Crippen LogP contribution in [0.3, 0.4) is 0 Å². The number of nitrogens with zero attached hydrogens (tertiary/aromatic N) is 1. The zero-order chi connectivity index (χ0) is 15.1. The molecule has 1 aromatic rings. The summed E-state index contributed by atoms with van der Waals surface area (Å²) in [7, 11) is 0. The van der Waals surface area contributed by atoms with Gasteiger partial charge in [0.05, 0.1) is 0 Å². The average Bonchev–Trinajstić information content (AvgIpc) is 2.42. The smallest absolute Gasteiger partial charge is 0.411 e. The van der Waals surface area contributed by atoms with Crippen LogP contribution in [0.4, 0.5) is 4.79 Å². The lowest BCUT2D eigenvalue weighted by Gasteiger charge is -2.25. The standard InChI is InChI=1S/C15H19NO4/c1-11(2)9-16(12(3)14(17)18)15(19)20-10-13-7-5-4-6-8-13/h4-8,12H,1,9-10H2,2-3H3,(H,17,18)/t12-/m0/s1. The van der Waals surface area contributed by atoms with E-state index in [-0.39, 0.29) is 13.2 Å². The number of benzene rings is 1. The minimum absolute atomic E-state index is 0.110. The fourth-order valence-corrected chi connectivity index (χ4v) is 1.59. The van der Waals surface area contributed by atoms with Crippen molar-refractivity contribution >= 4 is 12.1 Å². The van der Waals surface area contributed by atoms with Crippen LogP contribution < -0.4 is 0 Å². The minimum atomic E-state index is -1.08. The van der Waals surface area contributed by atoms with Crippen LogP contribution in [0.2, 0.25) is 0 Å². The largest absolute Gasteiger partial charge is 0.480 e. The molecule has 1 rings (SSSR count). The van der Waals surface area contributed by atoms with Crippen molar-refractivity contribution in [1.29, 1.82) is 0 Å². The predicted molar refractivity (Wildman–Crippen MR) is 75.2 cm³/mol. The van der Waals surface area contributed by atoms with Crippen molar-refractivity contribution in [2.24, 2.45) is 0 Å². The number of carboxylic acid groups (broad SMARTS) is 1. The van der Waals surface area contributed by atoms with Crippen LogP contribution in [0.25, 0.3) is 0 Å². The molecular weight excluding hydrogens is 258 g/mol. The molecule has 1 N–H and O–H groups in total. The summed E-state index contributed by atoms with van der Waals surface area (Å²) in [4.78, 5) is 24.2. The van der Waals surface area contributed by atoms with Crippen LogP contribution in [-0.4, -0.2) is 34.7 Å². The molecule has 0 fully saturated rings. The van der Waals surface area contributed by atoms with Gasteiger partial charge in [0.2, 0.25) is 0 Å². The summed E-state index contributed by atoms with van der Waals surface area (Å²) in [5, 5.41) is 9.02. The van der Waals surface area contributed by atoms with Gasteiger partial charge in [0, 0.05) is 6.54 Å². The Morgan fingerprint density at radius 3 is 2.45 bits per heavy atom. The Bertz CT molecular complexity index is 484. The molecule has 0 unspecified atom stereocenters. The van der Waals surface area contributed by atoms with Gasteiger partial charge in [-0.15, -0.1) is 0 Å². The summed E-state index contributed by atoms with van der Waals surface area (Å²) < 4.78 is 5.14. The number of hydrogen-bond acceptors (Lipinski definition) is 3. The molecule has 0 aromatic heterocycles. The summed E-state index contributed by atoms with van der Waals surface area (Å²) in [6.07, 6.45) is -0.660. The lowest BCUT2D eigenvalue weighted by molar-refractivity contribution is -0.141. The van der Waals surface area contributed by atoms with Gasteiger partial charge in [0.25, 0.3) is 0 Å². The summed E-state index contributed by atoms with van der Waals surface area (Å²) in [5.74, 6) is -1.08. The number of amides is 1. The number of rotatable bonds is 6. The van der Waals surface area contributed by atoms with Crippen molar-refractivity contribution in [2.45, 2.75) is 26.5 Å². The quantitative estimate of drug-likeness (QED) is 0.812. The first-order valence-electron chi connectivity index (χ1n) is 6.26. The Kier molecular flexibility index (Phi) is 5.77. The van der Waals surface area contributed by atoms with E-state index < -0.39 is 18.1 Å². The van der Waals surface area contributed by atoms with E-state index in [9.17, 15) is 9.59 Å². The van der Waals surface area contributed by atoms with Gasteiger partial charge in [-0.2, -0.15) is 0 Å². The number of carbonyl (C=O) groups excluding carboxylic acids is 1. The second kappa shape index (κ2) is 7.33. The Balaban J connectivity index is 2.68. The Morgan fingerprint density at radius 2 is 1.95 bits per heavy atom. The number of carboxylic acids is 1. The molecule has 0 radical (unpaired) electrons. The molecule has 0 heterocycles. The minimum Gasteiger partial charge on any atom is -0.480 e. The zero-order valence-corrected chi connectivity index (χ0v) is 11.7. The summed E-state index contributed by atoms with van der Waals surface area (Å²) in [5.41, 5.74) is 1.54. The molecule has 0 saturated heterocycles. The highest BCUT2D eigenvalue weighted by Gasteiger charge is 2.26. The third-order valence-corrected chi connectivity index (χ3v) is 2.70. The molecule has 0 aliphatic heterocycles. The van der Waals surface area contributed by atoms with Gasteiger partial charge in [0.15, 0.2) is 0 Å². The Hall–Kier alpha value is -2.30. The monoisotopic (exact) mass is 277 g/mol. The van der Waals surface area contributed by atoms with Gasteiger partial charge >= 0.3 is 12.1 Å². The van der Waals surface area contributed by atoms with Crippen molar-refractivity contribution in [2.75, 3.05) is 6.54 Å². The molecule has 0 saturated carbocycles. The normalized spacial score (nSPS) is 11.5. The predicted octanol–water partition coefficient (Wildman–Crippen LogP) is 2.67. The van der Waals surface area contributed by atoms with E-state index in [1.165, 1.54) is 6.92 Å². The highest BCUT2D eigenvalue weighted by molar-refractivity contribution is 5.79. The molecule has 20 heavy (non-hydrogen) atoms. The van der Waals surface area contributed by atoms with Crippen molar-refractivity contribution in [3.8, 4) is 0 Å². The van der Waals surface area contributed by atoms with E-state index in [0.29, 0.717) is 5.57 Å². The van der Waals surface area contributed by atoms with Crippen LogP contribution in [-0.2, 0) is 16.1 Å². The van der Waals surface area contributed by atoms with Crippen LogP contribution in [0.5, 0.6) is 0 Å². The third kappa shape index (κ3) is 4.76. The van der Waals surface area contributed by atoms with Crippen LogP contribution in [0.15, 0.2) is 42.5 Å². The summed E-state index contributed by atoms with van der Waals surface area (Å²) >= 11 is 0. The van der Waals surface area contributed by atoms with Crippen molar-refractivity contribution in [1.82, 2.24) is 4.90 Å². The zero-order valence-electron chi connectivity index (χ0n) is 11.7. The molecule has 1 aromatic carbocycles. The first-order chi connectivity index (χ1) is 9.41. The lowest BCUT2D eigenvalue weighted by atomic mass is 10.2. The molecule has 1 atom stereocenters. The highest BCUT2D eigenvalue weighted by atomic mass is 16.6. The van der Waals surface area contributed by atoms with Gasteiger partial charge < -0.3 is 9.84 Å². The van der Waals surface area contributed by atoms with E-state index in [1.54, 1.807) is 6.92 Å². The fraction of sp³-hybridized carbons (Fsp3) is 0.333. The Labute approximate surface area is 118 Å². The summed E-state index contributed by atoms with van der Waals surface area (Å²) in [6, 6.07) is 8.25. The summed E-state index contributed by atoms with van der Waals surface area (Å²) in [6.45, 7) is 7.13. The van der Waals surface area contributed by atoms with Crippen molar-refractivity contribution in [3.63, 3.8) is 0 Å². The maximum absolute atomic E-state index is 12.0. The maximum Gasteiger partial charge on any atom is 0.411 e. The molecule has 0 bridgehead atoms. The SMILES string of the molecule is C=C(C)CN(C(=O)OCc1ccccc1)[C@@H](C)C(=O)O. The van der Waals surface area contributed by atoms with Gasteiger partial charge in [-0.1, -0.05) is 42.5 Å². The van der Waals surface area contributed by atoms with Gasteiger partial charge in [0.1, 0.15) is 12.6 Å². The molecule has 1 amide bonds. The fourth-order valence-electron chi connectivity index (χ4n) is 1.59. The van der Waals surface area contributed by atoms with Crippen LogP contribution >= 0.6 is 0 Å². The first kappa shape index (κ1) is 15.8. The first-order valence-corrected chi connectivity index (χ1v) is 6.26. The van der Waals surface area contributed by atoms with Gasteiger partial charge in [-0.25, -0.2) is 9.59 Å². The lowest BCUT2D eigenvalue weighted by Crippen LogP contribution is -2.44. The van der Waals surface area contributed by atoms with E-state index in [0.717, 1.165) is 10.5 Å². The molecule has 0 spiro atoms. The van der Waals surface area contributed by atoms with Crippen molar-refractivity contribution < 1.29 is 19.4 Å². The number of carbonyl (C=O) groups is 2. The average molecular weight is 277 g/mol. The van der Waals surface area contributed by atoms with E-state index in [1.807, 2.05) is 30.3 Å². The van der Waals surface area contributed by atoms with Crippen molar-refractivity contribution in [3.05, 3.63) is 48.0 Å². The molecule has 5 nitrogen and oxygen atoms in total. The van der Waals surface area contributed by atoms with Gasteiger partial charge in [-0.05, 0) is 19.4 Å². The molecule has 108 valence electrons. The van der Waals surface area contributed by atoms with E-state index in [4.69, 9.17) is 9.84 Å². The molecule has 0 aliphatic rings. The number of aliphatic carboxylic acids is 1. The van der Waals surface area contributed by atoms with Crippen LogP contribution in [0, 0.1) is 0 Å².